The summed E-state index contributed by atoms with van der Waals surface area (Å²) < 4.78 is 5.74. The number of hydrogen-bond donors (Lipinski definition) is 1. The van der Waals surface area contributed by atoms with Gasteiger partial charge in [0.25, 0.3) is 0 Å². The van der Waals surface area contributed by atoms with E-state index in [9.17, 15) is 9.90 Å². The highest BCUT2D eigenvalue weighted by molar-refractivity contribution is 5.76. The number of hydrogen-bond acceptors (Lipinski definition) is 3. The van der Waals surface area contributed by atoms with Gasteiger partial charge >= 0.3 is 5.97 Å². The van der Waals surface area contributed by atoms with Crippen molar-refractivity contribution >= 4 is 5.97 Å². The molecule has 2 aliphatic rings. The molecular formula is C15H19NO3. The Hall–Kier alpha value is -1.42. The maximum atomic E-state index is 11.8. The summed E-state index contributed by atoms with van der Waals surface area (Å²) in [6, 6.07) is 5.78. The summed E-state index contributed by atoms with van der Waals surface area (Å²) >= 11 is 0. The number of aromatic nitrogens is 1. The van der Waals surface area contributed by atoms with Crippen LogP contribution in [0.4, 0.5) is 0 Å². The molecule has 0 amide bonds. The maximum Gasteiger partial charge on any atom is 0.312 e. The molecule has 1 aliphatic heterocycles. The molecule has 1 saturated carbocycles. The number of nitrogens with zero attached hydrogens (tertiary/aromatic N) is 1. The molecule has 102 valence electrons. The van der Waals surface area contributed by atoms with E-state index in [4.69, 9.17) is 4.74 Å². The SMILES string of the molecule is O=C(O)C1(CCc2ccccn2)CCOC1C1CC1. The second kappa shape index (κ2) is 4.93. The van der Waals surface area contributed by atoms with Gasteiger partial charge in [-0.25, -0.2) is 0 Å². The lowest BCUT2D eigenvalue weighted by Gasteiger charge is -2.29. The predicted molar refractivity (Wildman–Crippen MR) is 69.7 cm³/mol. The molecule has 4 heteroatoms. The number of carbonyl (C=O) groups is 1. The molecule has 2 fully saturated rings. The first-order chi connectivity index (χ1) is 9.22. The number of pyridine rings is 1. The lowest BCUT2D eigenvalue weighted by atomic mass is 9.75. The quantitative estimate of drug-likeness (QED) is 0.883. The molecule has 0 radical (unpaired) electrons. The van der Waals surface area contributed by atoms with E-state index in [0.29, 0.717) is 31.8 Å². The number of aryl methyl sites for hydroxylation is 1. The van der Waals surface area contributed by atoms with Crippen molar-refractivity contribution in [1.29, 1.82) is 0 Å². The number of carboxylic acid groups (broad SMARTS) is 1. The molecule has 0 aromatic carbocycles. The minimum Gasteiger partial charge on any atom is -0.481 e. The van der Waals surface area contributed by atoms with Gasteiger partial charge in [-0.05, 0) is 50.2 Å². The van der Waals surface area contributed by atoms with E-state index in [0.717, 1.165) is 18.5 Å². The second-order valence-electron chi connectivity index (χ2n) is 5.66. The van der Waals surface area contributed by atoms with E-state index in [1.165, 1.54) is 0 Å². The number of carboxylic acids is 1. The Balaban J connectivity index is 1.75. The Morgan fingerprint density at radius 3 is 2.95 bits per heavy atom. The molecule has 4 nitrogen and oxygen atoms in total. The van der Waals surface area contributed by atoms with Gasteiger partial charge in [0.1, 0.15) is 0 Å². The van der Waals surface area contributed by atoms with Crippen molar-refractivity contribution in [2.24, 2.45) is 11.3 Å². The molecule has 0 bridgehead atoms. The van der Waals surface area contributed by atoms with E-state index in [1.54, 1.807) is 6.20 Å². The molecule has 2 unspecified atom stereocenters. The summed E-state index contributed by atoms with van der Waals surface area (Å²) in [5, 5.41) is 9.69. The fraction of sp³-hybridized carbons (Fsp3) is 0.600. The largest absolute Gasteiger partial charge is 0.481 e. The Bertz CT molecular complexity index is 458. The minimum atomic E-state index is -0.696. The monoisotopic (exact) mass is 261 g/mol. The zero-order valence-electron chi connectivity index (χ0n) is 10.9. The number of ether oxygens (including phenoxy) is 1. The summed E-state index contributed by atoms with van der Waals surface area (Å²) in [5.74, 6) is -0.236. The van der Waals surface area contributed by atoms with Gasteiger partial charge in [-0.15, -0.1) is 0 Å². The normalized spacial score (nSPS) is 30.4. The first kappa shape index (κ1) is 12.6. The van der Waals surface area contributed by atoms with Crippen molar-refractivity contribution in [2.75, 3.05) is 6.61 Å². The van der Waals surface area contributed by atoms with E-state index in [2.05, 4.69) is 4.98 Å². The van der Waals surface area contributed by atoms with Crippen LogP contribution >= 0.6 is 0 Å². The summed E-state index contributed by atoms with van der Waals surface area (Å²) in [6.45, 7) is 0.579. The molecule has 1 aliphatic carbocycles. The van der Waals surface area contributed by atoms with Gasteiger partial charge in [-0.1, -0.05) is 6.07 Å². The molecule has 2 heterocycles. The number of rotatable bonds is 5. The Labute approximate surface area is 112 Å². The Morgan fingerprint density at radius 2 is 2.32 bits per heavy atom. The third-order valence-electron chi connectivity index (χ3n) is 4.42. The number of aliphatic carboxylic acids is 1. The molecule has 2 atom stereocenters. The topological polar surface area (TPSA) is 59.4 Å². The van der Waals surface area contributed by atoms with Crippen molar-refractivity contribution in [3.8, 4) is 0 Å². The molecule has 3 rings (SSSR count). The maximum absolute atomic E-state index is 11.8. The highest BCUT2D eigenvalue weighted by atomic mass is 16.5. The third kappa shape index (κ3) is 2.37. The molecule has 1 aromatic rings. The van der Waals surface area contributed by atoms with Gasteiger partial charge in [-0.3, -0.25) is 9.78 Å². The van der Waals surface area contributed by atoms with Crippen LogP contribution in [0.5, 0.6) is 0 Å². The molecule has 1 aromatic heterocycles. The summed E-state index contributed by atoms with van der Waals surface area (Å²) in [7, 11) is 0. The van der Waals surface area contributed by atoms with Crippen molar-refractivity contribution in [1.82, 2.24) is 4.98 Å². The average Bonchev–Trinajstić information content (AvgIpc) is 3.17. The Morgan fingerprint density at radius 1 is 1.47 bits per heavy atom. The van der Waals surface area contributed by atoms with Crippen LogP contribution in [0, 0.1) is 11.3 Å². The van der Waals surface area contributed by atoms with Crippen LogP contribution in [0.3, 0.4) is 0 Å². The lowest BCUT2D eigenvalue weighted by Crippen LogP contribution is -2.40. The second-order valence-corrected chi connectivity index (χ2v) is 5.66. The van der Waals surface area contributed by atoms with Gasteiger partial charge in [-0.2, -0.15) is 0 Å². The summed E-state index contributed by atoms with van der Waals surface area (Å²) in [5.41, 5.74) is 0.267. The van der Waals surface area contributed by atoms with Gasteiger partial charge in [0.05, 0.1) is 11.5 Å². The van der Waals surface area contributed by atoms with Gasteiger partial charge in [0.15, 0.2) is 0 Å². The highest BCUT2D eigenvalue weighted by Gasteiger charge is 2.55. The van der Waals surface area contributed by atoms with Crippen LogP contribution in [-0.4, -0.2) is 28.8 Å². The smallest absolute Gasteiger partial charge is 0.312 e. The van der Waals surface area contributed by atoms with Crippen LogP contribution in [0.15, 0.2) is 24.4 Å². The molecule has 1 saturated heterocycles. The molecule has 19 heavy (non-hydrogen) atoms. The van der Waals surface area contributed by atoms with Crippen molar-refractivity contribution in [3.05, 3.63) is 30.1 Å². The third-order valence-corrected chi connectivity index (χ3v) is 4.42. The molecule has 0 spiro atoms. The fourth-order valence-electron chi connectivity index (χ4n) is 3.16. The summed E-state index contributed by atoms with van der Waals surface area (Å²) in [6.07, 6.45) is 5.86. The van der Waals surface area contributed by atoms with Crippen LogP contribution in [0.2, 0.25) is 0 Å². The van der Waals surface area contributed by atoms with E-state index < -0.39 is 11.4 Å². The standard InChI is InChI=1S/C15H19NO3/c17-14(18)15(7-6-12-3-1-2-9-16-12)8-10-19-13(15)11-4-5-11/h1-3,9,11,13H,4-8,10H2,(H,17,18). The average molecular weight is 261 g/mol. The zero-order chi connectivity index (χ0) is 13.3. The van der Waals surface area contributed by atoms with Crippen molar-refractivity contribution in [2.45, 2.75) is 38.2 Å². The van der Waals surface area contributed by atoms with Crippen LogP contribution in [0.1, 0.15) is 31.4 Å². The zero-order valence-corrected chi connectivity index (χ0v) is 10.9. The van der Waals surface area contributed by atoms with E-state index in [1.807, 2.05) is 18.2 Å². The van der Waals surface area contributed by atoms with E-state index >= 15 is 0 Å². The minimum absolute atomic E-state index is 0.0892. The van der Waals surface area contributed by atoms with Gasteiger partial charge < -0.3 is 9.84 Å². The first-order valence-electron chi connectivity index (χ1n) is 6.97. The van der Waals surface area contributed by atoms with Crippen molar-refractivity contribution in [3.63, 3.8) is 0 Å². The predicted octanol–water partition coefficient (Wildman–Crippen LogP) is 2.28. The summed E-state index contributed by atoms with van der Waals surface area (Å²) in [4.78, 5) is 16.1. The van der Waals surface area contributed by atoms with E-state index in [-0.39, 0.29) is 6.10 Å². The molecular weight excluding hydrogens is 242 g/mol. The van der Waals surface area contributed by atoms with Gasteiger partial charge in [0, 0.05) is 18.5 Å². The van der Waals surface area contributed by atoms with Crippen LogP contribution in [0.25, 0.3) is 0 Å². The van der Waals surface area contributed by atoms with Gasteiger partial charge in [0.2, 0.25) is 0 Å². The highest BCUT2D eigenvalue weighted by Crippen LogP contribution is 2.50. The molecule has 1 N–H and O–H groups in total. The van der Waals surface area contributed by atoms with Crippen LogP contribution < -0.4 is 0 Å². The van der Waals surface area contributed by atoms with Crippen LogP contribution in [-0.2, 0) is 16.0 Å². The first-order valence-corrected chi connectivity index (χ1v) is 6.97. The fourth-order valence-corrected chi connectivity index (χ4v) is 3.16. The van der Waals surface area contributed by atoms with Crippen molar-refractivity contribution < 1.29 is 14.6 Å². The Kier molecular flexibility index (Phi) is 3.27. The lowest BCUT2D eigenvalue weighted by molar-refractivity contribution is -0.153.